The van der Waals surface area contributed by atoms with Gasteiger partial charge in [0.2, 0.25) is 5.91 Å². The Hall–Kier alpha value is -1.22. The van der Waals surface area contributed by atoms with E-state index in [9.17, 15) is 4.79 Å². The van der Waals surface area contributed by atoms with Gasteiger partial charge in [-0.25, -0.2) is 0 Å². The molecule has 1 fully saturated rings. The van der Waals surface area contributed by atoms with E-state index < -0.39 is 0 Å². The number of likely N-dealkylation sites (N-methyl/N-ethyl adjacent to an activating group) is 1. The topological polar surface area (TPSA) is 46.3 Å². The number of nitrogens with zero attached hydrogens (tertiary/aromatic N) is 1. The van der Waals surface area contributed by atoms with Crippen molar-refractivity contribution in [1.82, 2.24) is 4.90 Å². The number of rotatable bonds is 4. The van der Waals surface area contributed by atoms with E-state index in [2.05, 4.69) is 6.92 Å². The van der Waals surface area contributed by atoms with E-state index in [1.807, 2.05) is 36.2 Å². The molecule has 1 amide bonds. The summed E-state index contributed by atoms with van der Waals surface area (Å²) >= 11 is 0. The van der Waals surface area contributed by atoms with Crippen molar-refractivity contribution in [1.29, 1.82) is 0 Å². The lowest BCUT2D eigenvalue weighted by atomic mass is 9.84. The average molecular weight is 311 g/mol. The van der Waals surface area contributed by atoms with E-state index >= 15 is 0 Å². The second-order valence-corrected chi connectivity index (χ2v) is 6.01. The van der Waals surface area contributed by atoms with Crippen LogP contribution in [0.4, 0.5) is 5.69 Å². The first-order valence-electron chi connectivity index (χ1n) is 7.70. The lowest BCUT2D eigenvalue weighted by molar-refractivity contribution is -0.132. The third-order valence-corrected chi connectivity index (χ3v) is 4.67. The molecule has 0 spiro atoms. The number of hydrogen-bond acceptors (Lipinski definition) is 2. The molecule has 0 aromatic heterocycles. The van der Waals surface area contributed by atoms with Gasteiger partial charge < -0.3 is 10.6 Å². The highest BCUT2D eigenvalue weighted by molar-refractivity contribution is 5.85. The zero-order chi connectivity index (χ0) is 14.5. The van der Waals surface area contributed by atoms with Gasteiger partial charge in [-0.3, -0.25) is 4.79 Å². The molecule has 1 saturated carbocycles. The van der Waals surface area contributed by atoms with Crippen LogP contribution in [-0.4, -0.2) is 23.9 Å². The Kier molecular flexibility index (Phi) is 7.03. The molecule has 0 saturated heterocycles. The smallest absolute Gasteiger partial charge is 0.226 e. The van der Waals surface area contributed by atoms with Gasteiger partial charge in [0.25, 0.3) is 0 Å². The first-order chi connectivity index (χ1) is 9.60. The predicted molar refractivity (Wildman–Crippen MR) is 90.6 cm³/mol. The van der Waals surface area contributed by atoms with Crippen molar-refractivity contribution in [3.05, 3.63) is 29.8 Å². The maximum absolute atomic E-state index is 12.3. The minimum atomic E-state index is 0. The van der Waals surface area contributed by atoms with Crippen LogP contribution in [0.1, 0.15) is 44.6 Å². The Balaban J connectivity index is 0.00000220. The van der Waals surface area contributed by atoms with Crippen LogP contribution in [0.15, 0.2) is 24.3 Å². The highest BCUT2D eigenvalue weighted by Gasteiger charge is 2.25. The maximum atomic E-state index is 12.3. The van der Waals surface area contributed by atoms with Crippen molar-refractivity contribution in [2.24, 2.45) is 5.92 Å². The molecule has 0 unspecified atom stereocenters. The molecule has 0 radical (unpaired) electrons. The van der Waals surface area contributed by atoms with Gasteiger partial charge >= 0.3 is 0 Å². The van der Waals surface area contributed by atoms with Gasteiger partial charge in [-0.2, -0.15) is 0 Å². The quantitative estimate of drug-likeness (QED) is 0.863. The van der Waals surface area contributed by atoms with Crippen LogP contribution in [0.25, 0.3) is 0 Å². The lowest BCUT2D eigenvalue weighted by Crippen LogP contribution is -2.40. The molecule has 2 N–H and O–H groups in total. The average Bonchev–Trinajstić information content (AvgIpc) is 2.49. The number of halogens is 1. The monoisotopic (exact) mass is 310 g/mol. The first-order valence-corrected chi connectivity index (χ1v) is 7.70. The molecular weight excluding hydrogens is 284 g/mol. The number of benzene rings is 1. The van der Waals surface area contributed by atoms with Crippen LogP contribution in [-0.2, 0) is 11.2 Å². The van der Waals surface area contributed by atoms with Gasteiger partial charge in [-0.05, 0) is 49.3 Å². The molecule has 1 aliphatic carbocycles. The summed E-state index contributed by atoms with van der Waals surface area (Å²) in [6.07, 6.45) is 6.59. The normalized spacial score (nSPS) is 21.4. The molecule has 2 rings (SSSR count). The van der Waals surface area contributed by atoms with E-state index in [4.69, 9.17) is 5.73 Å². The Labute approximate surface area is 134 Å². The number of nitrogen functional groups attached to an aromatic ring is 1. The van der Waals surface area contributed by atoms with Crippen LogP contribution >= 0.6 is 12.4 Å². The minimum Gasteiger partial charge on any atom is -0.399 e. The fourth-order valence-electron chi connectivity index (χ4n) is 3.08. The summed E-state index contributed by atoms with van der Waals surface area (Å²) in [5, 5.41) is 0. The van der Waals surface area contributed by atoms with Crippen molar-refractivity contribution < 1.29 is 4.79 Å². The lowest BCUT2D eigenvalue weighted by Gasteiger charge is -2.34. The first kappa shape index (κ1) is 17.8. The van der Waals surface area contributed by atoms with Crippen molar-refractivity contribution >= 4 is 24.0 Å². The van der Waals surface area contributed by atoms with E-state index in [0.717, 1.165) is 30.0 Å². The Morgan fingerprint density at radius 2 is 1.76 bits per heavy atom. The number of nitrogens with two attached hydrogens (primary N) is 1. The summed E-state index contributed by atoms with van der Waals surface area (Å²) in [5.74, 6) is 1.08. The van der Waals surface area contributed by atoms with Crippen molar-refractivity contribution in [2.75, 3.05) is 12.8 Å². The Bertz CT molecular complexity index is 439. The van der Waals surface area contributed by atoms with Crippen LogP contribution in [0.2, 0.25) is 0 Å². The molecule has 1 aromatic rings. The zero-order valence-electron chi connectivity index (χ0n) is 13.0. The standard InChI is InChI=1S/C17H26N2O.ClH/c1-3-13-6-10-16(11-7-13)19(2)17(20)12-14-4-8-15(18)9-5-14;/h4-5,8-9,13,16H,3,6-7,10-12,18H2,1-2H3;1H. The zero-order valence-corrected chi connectivity index (χ0v) is 13.9. The second kappa shape index (κ2) is 8.28. The summed E-state index contributed by atoms with van der Waals surface area (Å²) < 4.78 is 0. The van der Waals surface area contributed by atoms with Crippen LogP contribution in [0.5, 0.6) is 0 Å². The van der Waals surface area contributed by atoms with Gasteiger partial charge in [-0.1, -0.05) is 25.5 Å². The minimum absolute atomic E-state index is 0. The number of anilines is 1. The molecule has 0 aliphatic heterocycles. The van der Waals surface area contributed by atoms with Gasteiger partial charge in [-0.15, -0.1) is 12.4 Å². The van der Waals surface area contributed by atoms with E-state index in [-0.39, 0.29) is 18.3 Å². The summed E-state index contributed by atoms with van der Waals surface area (Å²) in [6, 6.07) is 8.02. The summed E-state index contributed by atoms with van der Waals surface area (Å²) in [4.78, 5) is 14.3. The van der Waals surface area contributed by atoms with E-state index in [1.54, 1.807) is 0 Å². The predicted octanol–water partition coefficient (Wildman–Crippen LogP) is 3.66. The van der Waals surface area contributed by atoms with Crippen molar-refractivity contribution in [3.63, 3.8) is 0 Å². The van der Waals surface area contributed by atoms with Crippen LogP contribution in [0.3, 0.4) is 0 Å². The molecule has 21 heavy (non-hydrogen) atoms. The van der Waals surface area contributed by atoms with Crippen molar-refractivity contribution in [2.45, 2.75) is 51.5 Å². The second-order valence-electron chi connectivity index (χ2n) is 6.01. The van der Waals surface area contributed by atoms with Gasteiger partial charge in [0, 0.05) is 18.8 Å². The maximum Gasteiger partial charge on any atom is 0.226 e. The van der Waals surface area contributed by atoms with Crippen LogP contribution < -0.4 is 5.73 Å². The van der Waals surface area contributed by atoms with Crippen LogP contribution in [0, 0.1) is 5.92 Å². The van der Waals surface area contributed by atoms with Crippen molar-refractivity contribution in [3.8, 4) is 0 Å². The number of carbonyl (C=O) groups is 1. The van der Waals surface area contributed by atoms with E-state index in [0.29, 0.717) is 12.5 Å². The van der Waals surface area contributed by atoms with Gasteiger partial charge in [0.15, 0.2) is 0 Å². The third kappa shape index (κ3) is 4.92. The fourth-order valence-corrected chi connectivity index (χ4v) is 3.08. The molecule has 0 atom stereocenters. The Morgan fingerprint density at radius 3 is 2.29 bits per heavy atom. The number of carbonyl (C=O) groups excluding carboxylic acids is 1. The third-order valence-electron chi connectivity index (χ3n) is 4.67. The molecule has 4 heteroatoms. The molecule has 3 nitrogen and oxygen atoms in total. The largest absolute Gasteiger partial charge is 0.399 e. The van der Waals surface area contributed by atoms with Gasteiger partial charge in [0.1, 0.15) is 0 Å². The highest BCUT2D eigenvalue weighted by Crippen LogP contribution is 2.29. The Morgan fingerprint density at radius 1 is 1.19 bits per heavy atom. The molecule has 118 valence electrons. The summed E-state index contributed by atoms with van der Waals surface area (Å²) in [7, 11) is 1.95. The molecule has 0 heterocycles. The number of amides is 1. The summed E-state index contributed by atoms with van der Waals surface area (Å²) in [5.41, 5.74) is 7.45. The molecule has 1 aromatic carbocycles. The SMILES string of the molecule is CCC1CCC(N(C)C(=O)Cc2ccc(N)cc2)CC1.Cl. The number of hydrogen-bond donors (Lipinski definition) is 1. The highest BCUT2D eigenvalue weighted by atomic mass is 35.5. The fraction of sp³-hybridized carbons (Fsp3) is 0.588. The van der Waals surface area contributed by atoms with E-state index in [1.165, 1.54) is 19.3 Å². The molecule has 1 aliphatic rings. The molecular formula is C17H27ClN2O. The molecule has 0 bridgehead atoms. The summed E-state index contributed by atoms with van der Waals surface area (Å²) in [6.45, 7) is 2.26. The van der Waals surface area contributed by atoms with Gasteiger partial charge in [0.05, 0.1) is 6.42 Å².